The van der Waals surface area contributed by atoms with Crippen molar-refractivity contribution in [3.8, 4) is 16.2 Å². The number of piperidine rings is 2. The molecule has 9 rings (SSSR count). The molecule has 0 saturated carbocycles. The molecule has 2 amide bonds. The maximum absolute atomic E-state index is 13.9. The van der Waals surface area contributed by atoms with E-state index in [0.717, 1.165) is 106 Å². The number of rotatable bonds is 18. The summed E-state index contributed by atoms with van der Waals surface area (Å²) in [6.07, 6.45) is 6.95. The van der Waals surface area contributed by atoms with E-state index in [1.807, 2.05) is 60.5 Å². The van der Waals surface area contributed by atoms with Gasteiger partial charge in [-0.2, -0.15) is 4.98 Å². The maximum atomic E-state index is 13.9. The minimum absolute atomic E-state index is 0.00440. The number of carbonyl (C=O) groups excluding carboxylic acids is 3. The van der Waals surface area contributed by atoms with Gasteiger partial charge >= 0.3 is 5.97 Å². The van der Waals surface area contributed by atoms with E-state index in [9.17, 15) is 24.3 Å². The number of hydrogen-bond acceptors (Lipinski definition) is 12. The molecule has 3 atom stereocenters. The molecule has 0 aliphatic carbocycles. The number of ether oxygens (including phenoxy) is 1. The second-order valence-corrected chi connectivity index (χ2v) is 21.3. The molecule has 13 nitrogen and oxygen atoms in total. The predicted molar refractivity (Wildman–Crippen MR) is 282 cm³/mol. The number of oxazole rings is 1. The molecule has 5 heterocycles. The number of nitrogens with zero attached hydrogens (tertiary/aromatic N) is 4. The van der Waals surface area contributed by atoms with Crippen LogP contribution in [-0.4, -0.2) is 88.9 Å². The van der Waals surface area contributed by atoms with Crippen LogP contribution < -0.4 is 25.2 Å². The number of amides is 2. The number of fused-ring (bicyclic) bond motifs is 1. The lowest BCUT2D eigenvalue weighted by Crippen LogP contribution is -2.55. The Hall–Kier alpha value is -6.13. The summed E-state index contributed by atoms with van der Waals surface area (Å²) in [5.41, 5.74) is 7.89. The molecule has 2 fully saturated rings. The Morgan fingerprint density at radius 2 is 1.90 bits per heavy atom. The number of carboxylic acids is 1. The molecule has 4 aromatic carbocycles. The Kier molecular flexibility index (Phi) is 14.2. The van der Waals surface area contributed by atoms with E-state index in [1.165, 1.54) is 5.56 Å². The Morgan fingerprint density at radius 3 is 2.63 bits per heavy atom. The third-order valence-corrected chi connectivity index (χ3v) is 16.9. The van der Waals surface area contributed by atoms with Crippen molar-refractivity contribution in [2.24, 2.45) is 0 Å². The predicted octanol–water partition coefficient (Wildman–Crippen LogP) is 11.5. The number of thiophene rings is 1. The summed E-state index contributed by atoms with van der Waals surface area (Å²) in [4.78, 5) is 59.3. The Bertz CT molecular complexity index is 3030. The number of aldehydes is 1. The molecule has 0 bridgehead atoms. The third kappa shape index (κ3) is 9.44. The highest BCUT2D eigenvalue weighted by Gasteiger charge is 2.42. The van der Waals surface area contributed by atoms with Crippen LogP contribution in [0.5, 0.6) is 5.75 Å². The Balaban J connectivity index is 0.843. The zero-order valence-electron chi connectivity index (χ0n) is 39.8. The van der Waals surface area contributed by atoms with Crippen molar-refractivity contribution < 1.29 is 33.4 Å². The summed E-state index contributed by atoms with van der Waals surface area (Å²) in [5.74, 6) is -0.460. The van der Waals surface area contributed by atoms with Gasteiger partial charge in [0, 0.05) is 60.1 Å². The summed E-state index contributed by atoms with van der Waals surface area (Å²) in [6, 6.07) is 24.4. The fourth-order valence-corrected chi connectivity index (χ4v) is 13.3. The summed E-state index contributed by atoms with van der Waals surface area (Å²) in [7, 11) is 1.61. The van der Waals surface area contributed by atoms with Gasteiger partial charge in [-0.3, -0.25) is 19.3 Å². The lowest BCUT2D eigenvalue weighted by molar-refractivity contribution is -0.122. The number of nitrogens with one attached hydrogen (secondary N) is 2. The first-order chi connectivity index (χ1) is 33.7. The van der Waals surface area contributed by atoms with Gasteiger partial charge in [-0.25, -0.2) is 9.10 Å². The first kappa shape index (κ1) is 48.9. The number of carbonyl (C=O) groups is 4. The molecule has 2 aromatic heterocycles. The molecule has 0 radical (unpaired) electrons. The van der Waals surface area contributed by atoms with Crippen LogP contribution in [0.2, 0.25) is 5.02 Å². The van der Waals surface area contributed by atoms with Gasteiger partial charge in [0.2, 0.25) is 5.91 Å². The van der Waals surface area contributed by atoms with E-state index >= 15 is 0 Å². The van der Waals surface area contributed by atoms with Crippen LogP contribution in [0.15, 0.2) is 102 Å². The van der Waals surface area contributed by atoms with Crippen LogP contribution in [0.3, 0.4) is 0 Å². The molecular weight excluding hydrogens is 944 g/mol. The molecule has 3 N–H and O–H groups in total. The standard InChI is InChI=1S/C54H57ClN6O7S2/c1-7-8-15-42(50(63)56-6)60-41-18-17-37(38-13-10-14-39(45(38)41)51(60)64)33-20-22-59(23-21-33)53-58-40-26-32(16-19-44(40)68-53)30-69-61-43(31(2)3)28-36(29-54(61,4)5)57-35-12-9-11-34(27-35)48-46(55)47(67-25-24-62)49(70-48)52(65)66/h7,9-14,16-19,24,26-27,33,36,42-43,57H,1-2,8,15,20-23,25,28-30H2,3-6H3,(H,56,63)(H,65,66). The van der Waals surface area contributed by atoms with Gasteiger partial charge in [0.15, 0.2) is 22.5 Å². The number of likely N-dealkylation sites (N-methyl/N-ethyl adjacent to an activating group) is 1. The fourth-order valence-electron chi connectivity index (χ4n) is 10.5. The number of aromatic nitrogens is 1. The van der Waals surface area contributed by atoms with Gasteiger partial charge in [0.05, 0.1) is 10.6 Å². The molecule has 6 aromatic rings. The SMILES string of the molecule is C=CCCC(C(=O)NC)N1C(=O)c2cccc3c(C4CCN(c5nc6cc(CSN7C(C(=C)C)CC(Nc8cccc(-c9sc(C(=O)O)c(OCC=O)c9Cl)c8)CC7(C)C)ccc6o5)CC4)ccc1c23. The zero-order chi connectivity index (χ0) is 49.4. The lowest BCUT2D eigenvalue weighted by atomic mass is 9.83. The summed E-state index contributed by atoms with van der Waals surface area (Å²) < 4.78 is 14.3. The van der Waals surface area contributed by atoms with Gasteiger partial charge < -0.3 is 29.8 Å². The smallest absolute Gasteiger partial charge is 0.349 e. The number of aromatic carboxylic acids is 1. The number of benzene rings is 4. The van der Waals surface area contributed by atoms with E-state index < -0.39 is 12.0 Å². The van der Waals surface area contributed by atoms with Crippen LogP contribution in [0, 0.1) is 0 Å². The monoisotopic (exact) mass is 1000 g/mol. The Morgan fingerprint density at radius 1 is 1.11 bits per heavy atom. The van der Waals surface area contributed by atoms with Crippen LogP contribution in [0.4, 0.5) is 17.4 Å². The average Bonchev–Trinajstić information content (AvgIpc) is 4.02. The van der Waals surface area contributed by atoms with Gasteiger partial charge in [0.1, 0.15) is 23.2 Å². The normalized spacial score (nSPS) is 18.6. The van der Waals surface area contributed by atoms with Gasteiger partial charge in [-0.1, -0.05) is 78.2 Å². The highest BCUT2D eigenvalue weighted by atomic mass is 35.5. The first-order valence-corrected chi connectivity index (χ1v) is 25.8. The summed E-state index contributed by atoms with van der Waals surface area (Å²) in [5, 5.41) is 18.5. The van der Waals surface area contributed by atoms with Crippen molar-refractivity contribution in [3.63, 3.8) is 0 Å². The van der Waals surface area contributed by atoms with Crippen LogP contribution in [-0.2, 0) is 15.3 Å². The molecule has 0 spiro atoms. The van der Waals surface area contributed by atoms with E-state index in [2.05, 4.69) is 78.0 Å². The Labute approximate surface area is 421 Å². The number of carboxylic acid groups (broad SMARTS) is 1. The molecule has 16 heteroatoms. The third-order valence-electron chi connectivity index (χ3n) is 13.8. The topological polar surface area (TPSA) is 158 Å². The molecule has 2 saturated heterocycles. The highest BCUT2D eigenvalue weighted by Crippen LogP contribution is 2.48. The van der Waals surface area contributed by atoms with E-state index in [-0.39, 0.29) is 57.6 Å². The molecule has 364 valence electrons. The number of halogens is 1. The van der Waals surface area contributed by atoms with E-state index in [4.69, 9.17) is 25.7 Å². The molecule has 3 unspecified atom stereocenters. The summed E-state index contributed by atoms with van der Waals surface area (Å²) in [6.45, 7) is 16.1. The van der Waals surface area contributed by atoms with Gasteiger partial charge in [-0.15, -0.1) is 17.9 Å². The van der Waals surface area contributed by atoms with Crippen molar-refractivity contribution in [2.45, 2.75) is 94.6 Å². The molecular formula is C54H57ClN6O7S2. The molecule has 3 aliphatic heterocycles. The van der Waals surface area contributed by atoms with Crippen molar-refractivity contribution >= 4 is 98.2 Å². The van der Waals surface area contributed by atoms with E-state index in [1.54, 1.807) is 18.0 Å². The highest BCUT2D eigenvalue weighted by molar-refractivity contribution is 7.96. The van der Waals surface area contributed by atoms with Crippen LogP contribution in [0.25, 0.3) is 32.3 Å². The minimum Gasteiger partial charge on any atom is -0.483 e. The number of hydrogen-bond donors (Lipinski definition) is 3. The van der Waals surface area contributed by atoms with Crippen LogP contribution >= 0.6 is 34.9 Å². The second kappa shape index (κ2) is 20.3. The number of anilines is 3. The number of allylic oxidation sites excluding steroid dienone is 1. The maximum Gasteiger partial charge on any atom is 0.349 e. The molecule has 3 aliphatic rings. The first-order valence-electron chi connectivity index (χ1n) is 23.6. The van der Waals surface area contributed by atoms with Crippen molar-refractivity contribution in [1.29, 1.82) is 0 Å². The zero-order valence-corrected chi connectivity index (χ0v) is 42.1. The van der Waals surface area contributed by atoms with E-state index in [0.29, 0.717) is 35.6 Å². The van der Waals surface area contributed by atoms with Gasteiger partial charge in [0.25, 0.3) is 11.9 Å². The van der Waals surface area contributed by atoms with Crippen molar-refractivity contribution in [2.75, 3.05) is 41.9 Å². The summed E-state index contributed by atoms with van der Waals surface area (Å²) >= 11 is 9.48. The quantitative estimate of drug-likeness (QED) is 0.0426. The van der Waals surface area contributed by atoms with Crippen molar-refractivity contribution in [3.05, 3.63) is 124 Å². The second-order valence-electron chi connectivity index (χ2n) is 19.0. The molecule has 70 heavy (non-hydrogen) atoms. The average molecular weight is 1000 g/mol. The lowest BCUT2D eigenvalue weighted by Gasteiger charge is -2.50. The van der Waals surface area contributed by atoms with Gasteiger partial charge in [-0.05, 0) is 124 Å². The van der Waals surface area contributed by atoms with Crippen LogP contribution in [0.1, 0.15) is 96.4 Å². The fraction of sp³-hybridized carbons (Fsp3) is 0.352. The minimum atomic E-state index is -1.17. The largest absolute Gasteiger partial charge is 0.483 e. The van der Waals surface area contributed by atoms with Crippen molar-refractivity contribution in [1.82, 2.24) is 14.6 Å².